The van der Waals surface area contributed by atoms with Crippen LogP contribution in [0.3, 0.4) is 0 Å². The van der Waals surface area contributed by atoms with Gasteiger partial charge < -0.3 is 19.8 Å². The molecule has 1 aromatic heterocycles. The van der Waals surface area contributed by atoms with Crippen molar-refractivity contribution in [3.05, 3.63) is 59.4 Å². The van der Waals surface area contributed by atoms with Crippen LogP contribution in [-0.2, 0) is 9.53 Å². The van der Waals surface area contributed by atoms with Gasteiger partial charge in [0.25, 0.3) is 5.91 Å². The minimum atomic E-state index is -0.237. The van der Waals surface area contributed by atoms with Crippen molar-refractivity contribution in [2.45, 2.75) is 20.3 Å². The molecule has 1 fully saturated rings. The summed E-state index contributed by atoms with van der Waals surface area (Å²) in [4.78, 5) is 25.1. The van der Waals surface area contributed by atoms with E-state index in [-0.39, 0.29) is 17.7 Å². The fourth-order valence-corrected chi connectivity index (χ4v) is 3.33. The van der Waals surface area contributed by atoms with E-state index in [0.29, 0.717) is 30.2 Å². The van der Waals surface area contributed by atoms with Crippen molar-refractivity contribution < 1.29 is 18.7 Å². The normalized spacial score (nSPS) is 16.3. The van der Waals surface area contributed by atoms with Crippen LogP contribution in [0, 0.1) is 19.8 Å². The number of furan rings is 1. The van der Waals surface area contributed by atoms with E-state index in [1.54, 1.807) is 18.2 Å². The van der Waals surface area contributed by atoms with Crippen LogP contribution in [0.15, 0.2) is 46.9 Å². The summed E-state index contributed by atoms with van der Waals surface area (Å²) in [6.45, 7) is 4.84. The third kappa shape index (κ3) is 3.77. The molecule has 0 radical (unpaired) electrons. The smallest absolute Gasteiger partial charge is 0.255 e. The number of aryl methyl sites for hydroxylation is 2. The minimum Gasteiger partial charge on any atom is -0.461 e. The van der Waals surface area contributed by atoms with E-state index in [1.807, 2.05) is 38.1 Å². The highest BCUT2D eigenvalue weighted by atomic mass is 16.5. The largest absolute Gasteiger partial charge is 0.461 e. The molecule has 0 spiro atoms. The first kappa shape index (κ1) is 18.3. The van der Waals surface area contributed by atoms with Crippen LogP contribution in [0.1, 0.15) is 28.1 Å². The number of anilines is 2. The number of nitrogens with one attached hydrogen (secondary N) is 2. The van der Waals surface area contributed by atoms with Crippen LogP contribution in [0.4, 0.5) is 11.4 Å². The Hall–Kier alpha value is -3.12. The van der Waals surface area contributed by atoms with Crippen molar-refractivity contribution >= 4 is 34.2 Å². The molecule has 0 saturated carbocycles. The molecule has 28 heavy (non-hydrogen) atoms. The van der Waals surface area contributed by atoms with Crippen LogP contribution in [0.5, 0.6) is 0 Å². The van der Waals surface area contributed by atoms with Gasteiger partial charge in [0.15, 0.2) is 0 Å². The second-order valence-corrected chi connectivity index (χ2v) is 7.14. The Morgan fingerprint density at radius 1 is 1.04 bits per heavy atom. The van der Waals surface area contributed by atoms with Gasteiger partial charge in [-0.1, -0.05) is 6.07 Å². The maximum Gasteiger partial charge on any atom is 0.255 e. The summed E-state index contributed by atoms with van der Waals surface area (Å²) in [5.74, 6) is 0.380. The van der Waals surface area contributed by atoms with E-state index in [9.17, 15) is 9.59 Å². The quantitative estimate of drug-likeness (QED) is 0.710. The number of benzene rings is 2. The summed E-state index contributed by atoms with van der Waals surface area (Å²) >= 11 is 0. The molecule has 6 nitrogen and oxygen atoms in total. The van der Waals surface area contributed by atoms with Gasteiger partial charge in [-0.2, -0.15) is 0 Å². The topological polar surface area (TPSA) is 80.6 Å². The SMILES string of the molecule is Cc1cc2cc(NC(=O)c3ccc(C)c(NC(=O)C4CCOC4)c3)ccc2o1. The zero-order valence-electron chi connectivity index (χ0n) is 15.9. The molecule has 1 unspecified atom stereocenters. The van der Waals surface area contributed by atoms with Crippen molar-refractivity contribution in [2.75, 3.05) is 23.8 Å². The summed E-state index contributed by atoms with van der Waals surface area (Å²) < 4.78 is 10.8. The van der Waals surface area contributed by atoms with Crippen LogP contribution in [-0.4, -0.2) is 25.0 Å². The Bertz CT molecular complexity index is 1050. The van der Waals surface area contributed by atoms with Gasteiger partial charge in [0.2, 0.25) is 5.91 Å². The van der Waals surface area contributed by atoms with Gasteiger partial charge in [0.1, 0.15) is 11.3 Å². The molecule has 144 valence electrons. The Labute approximate surface area is 162 Å². The van der Waals surface area contributed by atoms with Gasteiger partial charge in [-0.3, -0.25) is 9.59 Å². The van der Waals surface area contributed by atoms with Crippen molar-refractivity contribution in [3.8, 4) is 0 Å². The molecular weight excluding hydrogens is 356 g/mol. The third-order valence-corrected chi connectivity index (χ3v) is 4.96. The molecule has 0 bridgehead atoms. The molecule has 1 aliphatic heterocycles. The Morgan fingerprint density at radius 3 is 2.68 bits per heavy atom. The highest BCUT2D eigenvalue weighted by Gasteiger charge is 2.24. The summed E-state index contributed by atoms with van der Waals surface area (Å²) in [5.41, 5.74) is 3.50. The van der Waals surface area contributed by atoms with Crippen LogP contribution >= 0.6 is 0 Å². The highest BCUT2D eigenvalue weighted by Crippen LogP contribution is 2.24. The zero-order chi connectivity index (χ0) is 19.7. The molecule has 1 aliphatic rings. The lowest BCUT2D eigenvalue weighted by Gasteiger charge is -2.13. The van der Waals surface area contributed by atoms with E-state index in [1.165, 1.54) is 0 Å². The number of fused-ring (bicyclic) bond motifs is 1. The number of carbonyl (C=O) groups is 2. The second kappa shape index (κ2) is 7.48. The first-order valence-corrected chi connectivity index (χ1v) is 9.30. The maximum atomic E-state index is 12.7. The summed E-state index contributed by atoms with van der Waals surface area (Å²) in [7, 11) is 0. The predicted octanol–water partition coefficient (Wildman–Crippen LogP) is 4.28. The van der Waals surface area contributed by atoms with Crippen LogP contribution in [0.2, 0.25) is 0 Å². The molecular formula is C22H22N2O4. The van der Waals surface area contributed by atoms with Crippen LogP contribution in [0.25, 0.3) is 11.0 Å². The van der Waals surface area contributed by atoms with Crippen molar-refractivity contribution in [1.82, 2.24) is 0 Å². The average Bonchev–Trinajstić information content (AvgIpc) is 3.32. The van der Waals surface area contributed by atoms with E-state index in [0.717, 1.165) is 28.7 Å². The van der Waals surface area contributed by atoms with Gasteiger partial charge in [0.05, 0.1) is 12.5 Å². The van der Waals surface area contributed by atoms with E-state index < -0.39 is 0 Å². The van der Waals surface area contributed by atoms with Gasteiger partial charge in [0, 0.05) is 28.9 Å². The van der Waals surface area contributed by atoms with Gasteiger partial charge >= 0.3 is 0 Å². The first-order valence-electron chi connectivity index (χ1n) is 9.30. The standard InChI is InChI=1S/C22H22N2O4/c1-13-3-4-15(11-19(13)24-22(26)16-7-8-27-12-16)21(25)23-18-5-6-20-17(10-18)9-14(2)28-20/h3-6,9-11,16H,7-8,12H2,1-2H3,(H,23,25)(H,24,26). The number of amides is 2. The summed E-state index contributed by atoms with van der Waals surface area (Å²) in [5, 5.41) is 6.76. The first-order chi connectivity index (χ1) is 13.5. The predicted molar refractivity (Wildman–Crippen MR) is 108 cm³/mol. The number of carbonyl (C=O) groups excluding carboxylic acids is 2. The van der Waals surface area contributed by atoms with Gasteiger partial charge in [-0.25, -0.2) is 0 Å². The fraction of sp³-hybridized carbons (Fsp3) is 0.273. The number of hydrogen-bond acceptors (Lipinski definition) is 4. The average molecular weight is 378 g/mol. The number of rotatable bonds is 4. The molecule has 2 heterocycles. The molecule has 6 heteroatoms. The molecule has 1 atom stereocenters. The fourth-order valence-electron chi connectivity index (χ4n) is 3.33. The zero-order valence-corrected chi connectivity index (χ0v) is 15.9. The van der Waals surface area contributed by atoms with Gasteiger partial charge in [-0.05, 0) is 62.2 Å². The molecule has 1 saturated heterocycles. The summed E-state index contributed by atoms with van der Waals surface area (Å²) in [6.07, 6.45) is 0.723. The molecule has 2 N–H and O–H groups in total. The Kier molecular flexibility index (Phi) is 4.88. The molecule has 4 rings (SSSR count). The second-order valence-electron chi connectivity index (χ2n) is 7.14. The number of hydrogen-bond donors (Lipinski definition) is 2. The van der Waals surface area contributed by atoms with Crippen molar-refractivity contribution in [1.29, 1.82) is 0 Å². The maximum absolute atomic E-state index is 12.7. The van der Waals surface area contributed by atoms with Gasteiger partial charge in [-0.15, -0.1) is 0 Å². The lowest BCUT2D eigenvalue weighted by molar-refractivity contribution is -0.119. The van der Waals surface area contributed by atoms with E-state index in [2.05, 4.69) is 10.6 Å². The highest BCUT2D eigenvalue weighted by molar-refractivity contribution is 6.06. The van der Waals surface area contributed by atoms with E-state index in [4.69, 9.17) is 9.15 Å². The Balaban J connectivity index is 1.50. The lowest BCUT2D eigenvalue weighted by atomic mass is 10.1. The lowest BCUT2D eigenvalue weighted by Crippen LogP contribution is -2.23. The van der Waals surface area contributed by atoms with Crippen molar-refractivity contribution in [2.24, 2.45) is 5.92 Å². The van der Waals surface area contributed by atoms with Crippen LogP contribution < -0.4 is 10.6 Å². The third-order valence-electron chi connectivity index (χ3n) is 4.96. The molecule has 0 aliphatic carbocycles. The van der Waals surface area contributed by atoms with Crippen molar-refractivity contribution in [3.63, 3.8) is 0 Å². The monoisotopic (exact) mass is 378 g/mol. The Morgan fingerprint density at radius 2 is 1.89 bits per heavy atom. The number of ether oxygens (including phenoxy) is 1. The van der Waals surface area contributed by atoms with E-state index >= 15 is 0 Å². The molecule has 3 aromatic rings. The molecule has 2 amide bonds. The minimum absolute atomic E-state index is 0.0704. The summed E-state index contributed by atoms with van der Waals surface area (Å²) in [6, 6.07) is 12.7. The molecule has 2 aromatic carbocycles.